The van der Waals surface area contributed by atoms with Gasteiger partial charge >= 0.3 is 6.36 Å². The van der Waals surface area contributed by atoms with E-state index in [1.807, 2.05) is 54.3 Å². The Morgan fingerprint density at radius 3 is 2.63 bits per heavy atom. The molecule has 0 spiro atoms. The third-order valence-corrected chi connectivity index (χ3v) is 8.45. The van der Waals surface area contributed by atoms with E-state index in [2.05, 4.69) is 25.5 Å². The molecule has 1 unspecified atom stereocenters. The van der Waals surface area contributed by atoms with Crippen LogP contribution in [0.2, 0.25) is 0 Å². The van der Waals surface area contributed by atoms with E-state index in [9.17, 15) is 22.8 Å². The number of hydrogen-bond donors (Lipinski definition) is 2. The van der Waals surface area contributed by atoms with E-state index in [0.717, 1.165) is 27.8 Å². The number of carbonyl (C=O) groups is 2. The van der Waals surface area contributed by atoms with Crippen LogP contribution < -0.4 is 15.4 Å². The van der Waals surface area contributed by atoms with Gasteiger partial charge in [-0.25, -0.2) is 0 Å². The summed E-state index contributed by atoms with van der Waals surface area (Å²) in [5.74, 6) is 0.111. The molecule has 46 heavy (non-hydrogen) atoms. The minimum Gasteiger partial charge on any atom is -0.406 e. The van der Waals surface area contributed by atoms with E-state index >= 15 is 0 Å². The molecule has 0 saturated heterocycles. The molecule has 1 aliphatic heterocycles. The molecule has 1 saturated carbocycles. The van der Waals surface area contributed by atoms with Crippen molar-refractivity contribution in [3.05, 3.63) is 101 Å². The Labute approximate surface area is 264 Å². The van der Waals surface area contributed by atoms with Crippen molar-refractivity contribution in [2.24, 2.45) is 5.92 Å². The van der Waals surface area contributed by atoms with Gasteiger partial charge in [0.2, 0.25) is 17.7 Å². The monoisotopic (exact) mass is 633 g/mol. The molecular weight excluding hydrogens is 599 g/mol. The Hall–Kier alpha value is -4.71. The Kier molecular flexibility index (Phi) is 8.81. The molecule has 240 valence electrons. The summed E-state index contributed by atoms with van der Waals surface area (Å²) in [5.41, 5.74) is 5.17. The number of carbonyl (C=O) groups excluding carboxylic acids is 2. The van der Waals surface area contributed by atoms with Gasteiger partial charge in [0, 0.05) is 19.6 Å². The van der Waals surface area contributed by atoms with Crippen LogP contribution >= 0.6 is 0 Å². The van der Waals surface area contributed by atoms with E-state index in [1.165, 1.54) is 18.2 Å². The lowest BCUT2D eigenvalue weighted by molar-refractivity contribution is -0.274. The zero-order valence-corrected chi connectivity index (χ0v) is 25.4. The summed E-state index contributed by atoms with van der Waals surface area (Å²) in [7, 11) is 0. The Balaban J connectivity index is 1.20. The quantitative estimate of drug-likeness (QED) is 0.234. The summed E-state index contributed by atoms with van der Waals surface area (Å²) in [5, 5.41) is 9.92. The molecule has 1 aliphatic carbocycles. The SMILES string of the molecule is Cc1noc([C@H]2C[C@@H]2C(=O)NCc2ccc(-c3cccc(OC(F)(F)F)c3)c3c2CN(CC(=O)NC(C)c2ccccc2)CC3)n1. The lowest BCUT2D eigenvalue weighted by Gasteiger charge is -2.32. The van der Waals surface area contributed by atoms with Crippen molar-refractivity contribution in [1.29, 1.82) is 0 Å². The van der Waals surface area contributed by atoms with Crippen LogP contribution in [0.15, 0.2) is 71.3 Å². The van der Waals surface area contributed by atoms with Gasteiger partial charge in [-0.05, 0) is 72.2 Å². The maximum atomic E-state index is 13.0. The van der Waals surface area contributed by atoms with Gasteiger partial charge in [0.15, 0.2) is 5.82 Å². The molecule has 3 atom stereocenters. The third kappa shape index (κ3) is 7.39. The first-order chi connectivity index (χ1) is 22.0. The fourth-order valence-corrected chi connectivity index (χ4v) is 6.08. The first-order valence-electron chi connectivity index (χ1n) is 15.2. The van der Waals surface area contributed by atoms with Gasteiger partial charge in [0.25, 0.3) is 0 Å². The highest BCUT2D eigenvalue weighted by Gasteiger charge is 2.47. The highest BCUT2D eigenvalue weighted by Crippen LogP contribution is 2.47. The normalized spacial score (nSPS) is 18.4. The van der Waals surface area contributed by atoms with Gasteiger partial charge in [0.05, 0.1) is 24.4 Å². The number of hydrogen-bond acceptors (Lipinski definition) is 7. The standard InChI is InChI=1S/C34H34F3N5O4/c1-20(22-7-4-3-5-8-22)39-31(43)19-42-14-13-27-26(23-9-6-10-25(15-23)45-34(35,36)37)12-11-24(30(27)18-42)17-38-32(44)28-16-29(28)33-40-21(2)41-46-33/h3-12,15,20,28-29H,13-14,16-19H2,1-2H3,(H,38,44)(H,39,43)/t20?,28-,29-/m0/s1. The smallest absolute Gasteiger partial charge is 0.406 e. The predicted octanol–water partition coefficient (Wildman–Crippen LogP) is 5.60. The summed E-state index contributed by atoms with van der Waals surface area (Å²) in [6.07, 6.45) is -3.60. The average Bonchev–Trinajstić information content (AvgIpc) is 3.71. The number of fused-ring (bicyclic) bond motifs is 1. The zero-order chi connectivity index (χ0) is 32.4. The summed E-state index contributed by atoms with van der Waals surface area (Å²) in [4.78, 5) is 32.4. The molecule has 3 aromatic carbocycles. The fraction of sp³-hybridized carbons (Fsp3) is 0.353. The second-order valence-electron chi connectivity index (χ2n) is 11.8. The van der Waals surface area contributed by atoms with E-state index in [4.69, 9.17) is 4.52 Å². The number of nitrogens with one attached hydrogen (secondary N) is 2. The predicted molar refractivity (Wildman–Crippen MR) is 162 cm³/mol. The lowest BCUT2D eigenvalue weighted by Crippen LogP contribution is -2.41. The van der Waals surface area contributed by atoms with Gasteiger partial charge in [0.1, 0.15) is 5.75 Å². The summed E-state index contributed by atoms with van der Waals surface area (Å²) >= 11 is 0. The number of amides is 2. The zero-order valence-electron chi connectivity index (χ0n) is 25.4. The van der Waals surface area contributed by atoms with Crippen LogP contribution in [-0.2, 0) is 29.1 Å². The molecular formula is C34H34F3N5O4. The highest BCUT2D eigenvalue weighted by molar-refractivity contribution is 5.82. The van der Waals surface area contributed by atoms with Crippen molar-refractivity contribution in [2.45, 2.75) is 58.1 Å². The summed E-state index contributed by atoms with van der Waals surface area (Å²) < 4.78 is 48.3. The first-order valence-corrected chi connectivity index (χ1v) is 15.2. The van der Waals surface area contributed by atoms with Gasteiger partial charge < -0.3 is 19.9 Å². The van der Waals surface area contributed by atoms with E-state index in [1.54, 1.807) is 13.0 Å². The number of benzene rings is 3. The number of aromatic nitrogens is 2. The molecule has 12 heteroatoms. The molecule has 2 heterocycles. The number of halogens is 3. The van der Waals surface area contributed by atoms with Gasteiger partial charge in [-0.2, -0.15) is 4.98 Å². The van der Waals surface area contributed by atoms with E-state index in [-0.39, 0.29) is 48.5 Å². The van der Waals surface area contributed by atoms with Gasteiger partial charge in [-0.3, -0.25) is 14.5 Å². The Bertz CT molecular complexity index is 1730. The largest absolute Gasteiger partial charge is 0.573 e. The minimum absolute atomic E-state index is 0.101. The first kappa shape index (κ1) is 31.3. The lowest BCUT2D eigenvalue weighted by atomic mass is 9.87. The summed E-state index contributed by atoms with van der Waals surface area (Å²) in [6.45, 7) is 5.12. The average molecular weight is 634 g/mol. The molecule has 2 N–H and O–H groups in total. The molecule has 1 fully saturated rings. The number of alkyl halides is 3. The Morgan fingerprint density at radius 2 is 1.89 bits per heavy atom. The Morgan fingerprint density at radius 1 is 1.09 bits per heavy atom. The van der Waals surface area contributed by atoms with Crippen LogP contribution in [-0.4, -0.2) is 46.3 Å². The molecule has 0 bridgehead atoms. The maximum Gasteiger partial charge on any atom is 0.573 e. The highest BCUT2D eigenvalue weighted by atomic mass is 19.4. The molecule has 6 rings (SSSR count). The van der Waals surface area contributed by atoms with Crippen LogP contribution in [0.4, 0.5) is 13.2 Å². The second-order valence-corrected chi connectivity index (χ2v) is 11.8. The summed E-state index contributed by atoms with van der Waals surface area (Å²) in [6, 6.07) is 19.2. The van der Waals surface area contributed by atoms with Crippen LogP contribution in [0.3, 0.4) is 0 Å². The molecule has 9 nitrogen and oxygen atoms in total. The van der Waals surface area contributed by atoms with Crippen LogP contribution in [0.1, 0.15) is 59.3 Å². The molecule has 1 aromatic heterocycles. The van der Waals surface area contributed by atoms with Crippen molar-refractivity contribution >= 4 is 11.8 Å². The third-order valence-electron chi connectivity index (χ3n) is 8.45. The number of aryl methyl sites for hydroxylation is 1. The van der Waals surface area contributed by atoms with Crippen molar-refractivity contribution in [2.75, 3.05) is 13.1 Å². The number of ether oxygens (including phenoxy) is 1. The van der Waals surface area contributed by atoms with Crippen molar-refractivity contribution in [3.8, 4) is 16.9 Å². The van der Waals surface area contributed by atoms with Crippen LogP contribution in [0, 0.1) is 12.8 Å². The second kappa shape index (κ2) is 13.0. The van der Waals surface area contributed by atoms with Crippen molar-refractivity contribution in [3.63, 3.8) is 0 Å². The minimum atomic E-state index is -4.80. The topological polar surface area (TPSA) is 110 Å². The maximum absolute atomic E-state index is 13.0. The molecule has 0 radical (unpaired) electrons. The van der Waals surface area contributed by atoms with Gasteiger partial charge in [-0.15, -0.1) is 13.2 Å². The molecule has 2 aliphatic rings. The molecule has 2 amide bonds. The van der Waals surface area contributed by atoms with Crippen molar-refractivity contribution < 1.29 is 32.0 Å². The van der Waals surface area contributed by atoms with Crippen LogP contribution in [0.25, 0.3) is 11.1 Å². The van der Waals surface area contributed by atoms with Gasteiger partial charge in [-0.1, -0.05) is 59.8 Å². The number of rotatable bonds is 10. The van der Waals surface area contributed by atoms with Crippen LogP contribution in [0.5, 0.6) is 5.75 Å². The van der Waals surface area contributed by atoms with E-state index in [0.29, 0.717) is 43.2 Å². The fourth-order valence-electron chi connectivity index (χ4n) is 6.08. The number of nitrogens with zero attached hydrogens (tertiary/aromatic N) is 3. The molecule has 4 aromatic rings. The van der Waals surface area contributed by atoms with E-state index < -0.39 is 6.36 Å². The van der Waals surface area contributed by atoms with Crippen molar-refractivity contribution in [1.82, 2.24) is 25.7 Å².